The van der Waals surface area contributed by atoms with E-state index in [-0.39, 0.29) is 30.5 Å². The lowest BCUT2D eigenvalue weighted by molar-refractivity contribution is 0.0504. The van der Waals surface area contributed by atoms with E-state index in [0.717, 1.165) is 5.56 Å². The lowest BCUT2D eigenvalue weighted by Crippen LogP contribution is -2.21. The zero-order valence-corrected chi connectivity index (χ0v) is 14.0. The third-order valence-corrected chi connectivity index (χ3v) is 4.01. The van der Waals surface area contributed by atoms with Crippen LogP contribution in [-0.2, 0) is 15.9 Å². The maximum absolute atomic E-state index is 12.7. The first-order chi connectivity index (χ1) is 12.1. The van der Waals surface area contributed by atoms with Gasteiger partial charge in [0.2, 0.25) is 5.82 Å². The number of carbonyl (C=O) groups excluding carboxylic acids is 3. The fourth-order valence-corrected chi connectivity index (χ4v) is 2.93. The highest BCUT2D eigenvalue weighted by molar-refractivity contribution is 6.04. The first-order valence-corrected chi connectivity index (χ1v) is 8.12. The minimum atomic E-state index is -0.679. The number of nitrogens with zero attached hydrogens (tertiary/aromatic N) is 2. The number of rotatable bonds is 5. The van der Waals surface area contributed by atoms with Gasteiger partial charge in [-0.2, -0.15) is 0 Å². The summed E-state index contributed by atoms with van der Waals surface area (Å²) in [4.78, 5) is 41.0. The number of imidazole rings is 1. The highest BCUT2D eigenvalue weighted by Gasteiger charge is 2.35. The predicted molar refractivity (Wildman–Crippen MR) is 87.7 cm³/mol. The number of ketones is 1. The Hall–Kier alpha value is -2.96. The molecule has 1 aliphatic carbocycles. The summed E-state index contributed by atoms with van der Waals surface area (Å²) < 4.78 is 11.4. The summed E-state index contributed by atoms with van der Waals surface area (Å²) in [5.74, 6) is -1.51. The second-order valence-corrected chi connectivity index (χ2v) is 5.54. The molecule has 130 valence electrons. The number of esters is 2. The average molecular weight is 342 g/mol. The molecule has 0 fully saturated rings. The third kappa shape index (κ3) is 3.05. The first kappa shape index (κ1) is 16.9. The van der Waals surface area contributed by atoms with Gasteiger partial charge in [-0.05, 0) is 19.4 Å². The Morgan fingerprint density at radius 1 is 1.16 bits per heavy atom. The Bertz CT molecular complexity index is 840. The molecule has 1 unspecified atom stereocenters. The van der Waals surface area contributed by atoms with Crippen molar-refractivity contribution in [1.29, 1.82) is 0 Å². The summed E-state index contributed by atoms with van der Waals surface area (Å²) in [6, 6.07) is 6.65. The zero-order valence-electron chi connectivity index (χ0n) is 14.0. The topological polar surface area (TPSA) is 87.5 Å². The molecule has 0 aliphatic heterocycles. The number of hydrogen-bond acceptors (Lipinski definition) is 6. The van der Waals surface area contributed by atoms with Gasteiger partial charge in [0.15, 0.2) is 11.5 Å². The molecule has 0 N–H and O–H groups in total. The van der Waals surface area contributed by atoms with Crippen molar-refractivity contribution in [3.63, 3.8) is 0 Å². The lowest BCUT2D eigenvalue weighted by Gasteiger charge is -2.12. The van der Waals surface area contributed by atoms with Gasteiger partial charge in [-0.25, -0.2) is 14.6 Å². The van der Waals surface area contributed by atoms with Gasteiger partial charge in [0.25, 0.3) is 0 Å². The van der Waals surface area contributed by atoms with Crippen molar-refractivity contribution >= 4 is 17.7 Å². The molecule has 0 radical (unpaired) electrons. The lowest BCUT2D eigenvalue weighted by atomic mass is 10.1. The SMILES string of the molecule is CCOC(=O)c1cn(C2Cc3ccccc3C2=O)c(C(=O)OCC)n1. The van der Waals surface area contributed by atoms with Crippen LogP contribution in [-0.4, -0.2) is 40.5 Å². The molecule has 1 aliphatic rings. The molecule has 1 aromatic heterocycles. The molecule has 3 rings (SSSR count). The fraction of sp³-hybridized carbons (Fsp3) is 0.333. The van der Waals surface area contributed by atoms with E-state index in [9.17, 15) is 14.4 Å². The fourth-order valence-electron chi connectivity index (χ4n) is 2.93. The van der Waals surface area contributed by atoms with E-state index < -0.39 is 18.0 Å². The van der Waals surface area contributed by atoms with E-state index in [1.807, 2.05) is 12.1 Å². The molecule has 1 heterocycles. The Labute approximate surface area is 144 Å². The molecular formula is C18H18N2O5. The smallest absolute Gasteiger partial charge is 0.374 e. The van der Waals surface area contributed by atoms with Crippen LogP contribution in [0.4, 0.5) is 0 Å². The second-order valence-electron chi connectivity index (χ2n) is 5.54. The van der Waals surface area contributed by atoms with Crippen LogP contribution in [0, 0.1) is 0 Å². The van der Waals surface area contributed by atoms with Crippen molar-refractivity contribution in [2.75, 3.05) is 13.2 Å². The van der Waals surface area contributed by atoms with Gasteiger partial charge < -0.3 is 14.0 Å². The minimum absolute atomic E-state index is 0.0198. The van der Waals surface area contributed by atoms with Crippen LogP contribution < -0.4 is 0 Å². The van der Waals surface area contributed by atoms with Crippen LogP contribution in [0.2, 0.25) is 0 Å². The molecule has 0 bridgehead atoms. The highest BCUT2D eigenvalue weighted by atomic mass is 16.5. The summed E-state index contributed by atoms with van der Waals surface area (Å²) >= 11 is 0. The molecule has 0 saturated carbocycles. The van der Waals surface area contributed by atoms with Crippen molar-refractivity contribution in [2.24, 2.45) is 0 Å². The number of benzene rings is 1. The Morgan fingerprint density at radius 3 is 2.52 bits per heavy atom. The van der Waals surface area contributed by atoms with Gasteiger partial charge in [0.05, 0.1) is 13.2 Å². The van der Waals surface area contributed by atoms with Crippen molar-refractivity contribution < 1.29 is 23.9 Å². The Balaban J connectivity index is 2.01. The van der Waals surface area contributed by atoms with E-state index in [1.165, 1.54) is 10.8 Å². The molecule has 1 atom stereocenters. The Kier molecular flexibility index (Phi) is 4.65. The van der Waals surface area contributed by atoms with Gasteiger partial charge in [-0.3, -0.25) is 4.79 Å². The van der Waals surface area contributed by atoms with E-state index in [2.05, 4.69) is 4.98 Å². The van der Waals surface area contributed by atoms with Gasteiger partial charge in [0.1, 0.15) is 6.04 Å². The van der Waals surface area contributed by atoms with Crippen LogP contribution >= 0.6 is 0 Å². The van der Waals surface area contributed by atoms with Gasteiger partial charge in [0, 0.05) is 18.2 Å². The molecule has 7 nitrogen and oxygen atoms in total. The second kappa shape index (κ2) is 6.88. The number of hydrogen-bond donors (Lipinski definition) is 0. The summed E-state index contributed by atoms with van der Waals surface area (Å²) in [6.07, 6.45) is 1.82. The van der Waals surface area contributed by atoms with E-state index >= 15 is 0 Å². The molecule has 0 spiro atoms. The van der Waals surface area contributed by atoms with Crippen molar-refractivity contribution in [1.82, 2.24) is 9.55 Å². The quantitative estimate of drug-likeness (QED) is 0.774. The van der Waals surface area contributed by atoms with Crippen LogP contribution in [0.3, 0.4) is 0 Å². The molecule has 0 saturated heterocycles. The molecule has 2 aromatic rings. The largest absolute Gasteiger partial charge is 0.461 e. The monoisotopic (exact) mass is 342 g/mol. The molecule has 0 amide bonds. The van der Waals surface area contributed by atoms with Gasteiger partial charge in [-0.15, -0.1) is 0 Å². The minimum Gasteiger partial charge on any atom is -0.461 e. The number of ether oxygens (including phenoxy) is 2. The summed E-state index contributed by atoms with van der Waals surface area (Å²) in [7, 11) is 0. The summed E-state index contributed by atoms with van der Waals surface area (Å²) in [6.45, 7) is 3.71. The molecule has 7 heteroatoms. The third-order valence-electron chi connectivity index (χ3n) is 4.01. The van der Waals surface area contributed by atoms with Crippen LogP contribution in [0.1, 0.15) is 56.9 Å². The molecular weight excluding hydrogens is 324 g/mol. The highest BCUT2D eigenvalue weighted by Crippen LogP contribution is 2.31. The Morgan fingerprint density at radius 2 is 1.84 bits per heavy atom. The summed E-state index contributed by atoms with van der Waals surface area (Å²) in [5, 5.41) is 0. The van der Waals surface area contributed by atoms with E-state index in [4.69, 9.17) is 9.47 Å². The van der Waals surface area contributed by atoms with Crippen LogP contribution in [0.25, 0.3) is 0 Å². The van der Waals surface area contributed by atoms with Crippen molar-refractivity contribution in [2.45, 2.75) is 26.3 Å². The van der Waals surface area contributed by atoms with Gasteiger partial charge in [-0.1, -0.05) is 24.3 Å². The van der Waals surface area contributed by atoms with Crippen molar-refractivity contribution in [3.8, 4) is 0 Å². The van der Waals surface area contributed by atoms with E-state index in [0.29, 0.717) is 12.0 Å². The van der Waals surface area contributed by atoms with E-state index in [1.54, 1.807) is 26.0 Å². The predicted octanol–water partition coefficient (Wildman–Crippen LogP) is 2.22. The molecule has 1 aromatic carbocycles. The number of Topliss-reactive ketones (excluding diaryl/α,β-unsaturated/α-hetero) is 1. The maximum atomic E-state index is 12.7. The van der Waals surface area contributed by atoms with Crippen LogP contribution in [0.15, 0.2) is 30.5 Å². The normalized spacial score (nSPS) is 15.8. The number of fused-ring (bicyclic) bond motifs is 1. The standard InChI is InChI=1S/C18H18N2O5/c1-3-24-17(22)13-10-20(16(19-13)18(23)25-4-2)14-9-11-7-5-6-8-12(11)15(14)21/h5-8,10,14H,3-4,9H2,1-2H3. The number of carbonyl (C=O) groups is 3. The zero-order chi connectivity index (χ0) is 18.0. The first-order valence-electron chi connectivity index (χ1n) is 8.12. The van der Waals surface area contributed by atoms with Gasteiger partial charge >= 0.3 is 11.9 Å². The van der Waals surface area contributed by atoms with Crippen molar-refractivity contribution in [3.05, 3.63) is 53.1 Å². The van der Waals surface area contributed by atoms with Crippen LogP contribution in [0.5, 0.6) is 0 Å². The summed E-state index contributed by atoms with van der Waals surface area (Å²) in [5.41, 5.74) is 1.50. The maximum Gasteiger partial charge on any atom is 0.374 e. The number of aromatic nitrogens is 2. The average Bonchev–Trinajstić information content (AvgIpc) is 3.18. The molecule has 25 heavy (non-hydrogen) atoms.